The maximum absolute atomic E-state index is 13.2. The number of nitrogens with one attached hydrogen (secondary N) is 1. The Morgan fingerprint density at radius 2 is 1.69 bits per heavy atom. The normalized spacial score (nSPS) is 17.7. The molecule has 2 aliphatic rings. The van der Waals surface area contributed by atoms with E-state index in [1.807, 2.05) is 6.07 Å². The van der Waals surface area contributed by atoms with Crippen LogP contribution < -0.4 is 5.32 Å². The van der Waals surface area contributed by atoms with E-state index in [9.17, 15) is 22.8 Å². The molecular formula is C25H26F3NO3. The highest BCUT2D eigenvalue weighted by molar-refractivity contribution is 5.96. The van der Waals surface area contributed by atoms with Crippen LogP contribution >= 0.6 is 0 Å². The van der Waals surface area contributed by atoms with Crippen LogP contribution in [0, 0.1) is 11.8 Å². The fraction of sp³-hybridized carbons (Fsp3) is 0.440. The van der Waals surface area contributed by atoms with Crippen LogP contribution in [0.15, 0.2) is 48.5 Å². The summed E-state index contributed by atoms with van der Waals surface area (Å²) in [6.07, 6.45) is 1.11. The van der Waals surface area contributed by atoms with Crippen molar-refractivity contribution in [3.8, 4) is 0 Å². The van der Waals surface area contributed by atoms with Crippen molar-refractivity contribution in [1.82, 2.24) is 0 Å². The largest absolute Gasteiger partial charge is 0.461 e. The van der Waals surface area contributed by atoms with Gasteiger partial charge in [-0.2, -0.15) is 13.2 Å². The van der Waals surface area contributed by atoms with Crippen LogP contribution in [-0.4, -0.2) is 11.9 Å². The maximum Gasteiger partial charge on any atom is 0.416 e. The molecule has 1 atom stereocenters. The van der Waals surface area contributed by atoms with Gasteiger partial charge in [0.15, 0.2) is 0 Å². The molecule has 2 aliphatic carbocycles. The molecule has 0 aliphatic heterocycles. The Bertz CT molecular complexity index is 961. The third-order valence-corrected chi connectivity index (χ3v) is 6.24. The Balaban J connectivity index is 1.48. The van der Waals surface area contributed by atoms with Gasteiger partial charge in [0.05, 0.1) is 17.4 Å². The third-order valence-electron chi connectivity index (χ3n) is 6.24. The molecule has 0 bridgehead atoms. The van der Waals surface area contributed by atoms with Gasteiger partial charge in [0, 0.05) is 5.69 Å². The summed E-state index contributed by atoms with van der Waals surface area (Å²) in [5, 5.41) is 2.92. The first-order valence-corrected chi connectivity index (χ1v) is 11.0. The van der Waals surface area contributed by atoms with Crippen molar-refractivity contribution in [3.63, 3.8) is 0 Å². The lowest BCUT2D eigenvalue weighted by Gasteiger charge is -2.24. The number of alkyl halides is 3. The number of benzene rings is 2. The quantitative estimate of drug-likeness (QED) is 0.526. The van der Waals surface area contributed by atoms with Crippen LogP contribution in [0.1, 0.15) is 61.1 Å². The molecule has 0 saturated heterocycles. The molecule has 7 heteroatoms. The highest BCUT2D eigenvalue weighted by Gasteiger charge is 2.34. The number of carbonyl (C=O) groups is 2. The maximum atomic E-state index is 13.2. The molecule has 2 fully saturated rings. The second-order valence-electron chi connectivity index (χ2n) is 8.71. The molecule has 1 unspecified atom stereocenters. The lowest BCUT2D eigenvalue weighted by atomic mass is 9.83. The third kappa shape index (κ3) is 5.50. The lowest BCUT2D eigenvalue weighted by Crippen LogP contribution is -2.26. The average Bonchev–Trinajstić information content (AvgIpc) is 3.48. The number of hydrogen-bond acceptors (Lipinski definition) is 3. The molecule has 0 aromatic heterocycles. The highest BCUT2D eigenvalue weighted by atomic mass is 19.4. The number of rotatable bonds is 7. The number of esters is 1. The van der Waals surface area contributed by atoms with Gasteiger partial charge >= 0.3 is 12.1 Å². The van der Waals surface area contributed by atoms with Crippen LogP contribution in [0.25, 0.3) is 0 Å². The number of carbonyl (C=O) groups excluding carboxylic acids is 2. The summed E-state index contributed by atoms with van der Waals surface area (Å²) in [4.78, 5) is 25.0. The van der Waals surface area contributed by atoms with Gasteiger partial charge in [-0.05, 0) is 67.0 Å². The molecule has 2 aromatic carbocycles. The molecule has 0 radical (unpaired) electrons. The summed E-state index contributed by atoms with van der Waals surface area (Å²) in [6.45, 7) is 0.143. The Morgan fingerprint density at radius 3 is 2.31 bits per heavy atom. The lowest BCUT2D eigenvalue weighted by molar-refractivity contribution is -0.146. The second-order valence-corrected chi connectivity index (χ2v) is 8.71. The van der Waals surface area contributed by atoms with Crippen molar-refractivity contribution in [2.75, 3.05) is 5.32 Å². The minimum atomic E-state index is -4.41. The van der Waals surface area contributed by atoms with E-state index in [1.54, 1.807) is 18.2 Å². The zero-order chi connectivity index (χ0) is 22.7. The first-order chi connectivity index (χ1) is 15.3. The molecule has 170 valence electrons. The molecule has 4 nitrogen and oxygen atoms in total. The zero-order valence-corrected chi connectivity index (χ0v) is 17.7. The number of hydrogen-bond donors (Lipinski definition) is 1. The monoisotopic (exact) mass is 445 g/mol. The van der Waals surface area contributed by atoms with Crippen molar-refractivity contribution < 1.29 is 27.5 Å². The fourth-order valence-corrected chi connectivity index (χ4v) is 4.36. The van der Waals surface area contributed by atoms with Crippen LogP contribution in [0.5, 0.6) is 0 Å². The first-order valence-electron chi connectivity index (χ1n) is 11.0. The number of amides is 1. The van der Waals surface area contributed by atoms with E-state index >= 15 is 0 Å². The molecule has 1 N–H and O–H groups in total. The Kier molecular flexibility index (Phi) is 6.53. The Morgan fingerprint density at radius 1 is 1.00 bits per heavy atom. The van der Waals surface area contributed by atoms with Gasteiger partial charge in [-0.25, -0.2) is 0 Å². The van der Waals surface area contributed by atoms with Gasteiger partial charge < -0.3 is 10.1 Å². The molecule has 1 amide bonds. The molecule has 32 heavy (non-hydrogen) atoms. The van der Waals surface area contributed by atoms with E-state index in [0.717, 1.165) is 56.2 Å². The smallest absolute Gasteiger partial charge is 0.416 e. The Hall–Kier alpha value is -2.83. The SMILES string of the molecule is O=C(OCc1cccc(NC(=O)C(c2ccc(C(F)(F)F)cc2)C2CCCC2)c1)C1CC1. The van der Waals surface area contributed by atoms with Gasteiger partial charge in [0.1, 0.15) is 6.61 Å². The second kappa shape index (κ2) is 9.35. The summed E-state index contributed by atoms with van der Waals surface area (Å²) in [5.74, 6) is -0.828. The summed E-state index contributed by atoms with van der Waals surface area (Å²) >= 11 is 0. The zero-order valence-electron chi connectivity index (χ0n) is 17.7. The van der Waals surface area contributed by atoms with Gasteiger partial charge in [-0.15, -0.1) is 0 Å². The molecular weight excluding hydrogens is 419 g/mol. The van der Waals surface area contributed by atoms with E-state index in [1.165, 1.54) is 12.1 Å². The van der Waals surface area contributed by atoms with Crippen molar-refractivity contribution in [1.29, 1.82) is 0 Å². The van der Waals surface area contributed by atoms with Crippen LogP contribution in [0.4, 0.5) is 18.9 Å². The van der Waals surface area contributed by atoms with E-state index in [0.29, 0.717) is 11.3 Å². The van der Waals surface area contributed by atoms with E-state index in [4.69, 9.17) is 4.74 Å². The number of halogens is 3. The molecule has 0 heterocycles. The van der Waals surface area contributed by atoms with Gasteiger partial charge in [-0.3, -0.25) is 9.59 Å². The molecule has 0 spiro atoms. The van der Waals surface area contributed by atoms with Crippen molar-refractivity contribution in [3.05, 3.63) is 65.2 Å². The topological polar surface area (TPSA) is 55.4 Å². The highest BCUT2D eigenvalue weighted by Crippen LogP contribution is 2.39. The predicted octanol–water partition coefficient (Wildman–Crippen LogP) is 6.07. The fourth-order valence-electron chi connectivity index (χ4n) is 4.36. The average molecular weight is 445 g/mol. The van der Waals surface area contributed by atoms with E-state index in [2.05, 4.69) is 5.32 Å². The minimum Gasteiger partial charge on any atom is -0.461 e. The van der Waals surface area contributed by atoms with Gasteiger partial charge in [-0.1, -0.05) is 37.1 Å². The number of anilines is 1. The van der Waals surface area contributed by atoms with Crippen molar-refractivity contribution >= 4 is 17.6 Å². The van der Waals surface area contributed by atoms with Crippen LogP contribution in [0.3, 0.4) is 0 Å². The first kappa shape index (κ1) is 22.4. The predicted molar refractivity (Wildman–Crippen MR) is 114 cm³/mol. The van der Waals surface area contributed by atoms with Crippen molar-refractivity contribution in [2.24, 2.45) is 11.8 Å². The minimum absolute atomic E-state index is 0.0220. The Labute approximate surface area is 185 Å². The molecule has 2 saturated carbocycles. The summed E-state index contributed by atoms with van der Waals surface area (Å²) in [6, 6.07) is 12.0. The summed E-state index contributed by atoms with van der Waals surface area (Å²) in [7, 11) is 0. The van der Waals surface area contributed by atoms with Gasteiger partial charge in [0.2, 0.25) is 5.91 Å². The van der Waals surface area contributed by atoms with Crippen LogP contribution in [-0.2, 0) is 27.1 Å². The van der Waals surface area contributed by atoms with Gasteiger partial charge in [0.25, 0.3) is 0 Å². The summed E-state index contributed by atoms with van der Waals surface area (Å²) in [5.41, 5.74) is 1.21. The van der Waals surface area contributed by atoms with Crippen molar-refractivity contribution in [2.45, 2.75) is 57.2 Å². The number of ether oxygens (including phenoxy) is 1. The van der Waals surface area contributed by atoms with E-state index < -0.39 is 17.7 Å². The standard InChI is InChI=1S/C25H26F3NO3/c26-25(27,28)20-12-10-18(11-13-20)22(17-5-1-2-6-17)23(30)29-21-7-3-4-16(14-21)15-32-24(31)19-8-9-19/h3-4,7,10-14,17,19,22H,1-2,5-6,8-9,15H2,(H,29,30). The molecule has 2 aromatic rings. The van der Waals surface area contributed by atoms with Crippen LogP contribution in [0.2, 0.25) is 0 Å². The summed E-state index contributed by atoms with van der Waals surface area (Å²) < 4.78 is 44.2. The van der Waals surface area contributed by atoms with E-state index in [-0.39, 0.29) is 30.3 Å². The molecule has 4 rings (SSSR count).